The van der Waals surface area contributed by atoms with Gasteiger partial charge in [0.1, 0.15) is 11.9 Å². The lowest BCUT2D eigenvalue weighted by Crippen LogP contribution is -2.45. The van der Waals surface area contributed by atoms with Crippen molar-refractivity contribution in [2.75, 3.05) is 23.3 Å². The molecule has 28 heavy (non-hydrogen) atoms. The Labute approximate surface area is 163 Å². The molecule has 1 N–H and O–H groups in total. The smallest absolute Gasteiger partial charge is 0.262 e. The lowest BCUT2D eigenvalue weighted by Gasteiger charge is -2.27. The molecule has 1 aromatic carbocycles. The molecule has 1 unspecified atom stereocenters. The lowest BCUT2D eigenvalue weighted by molar-refractivity contribution is -0.119. The number of pyridine rings is 1. The summed E-state index contributed by atoms with van der Waals surface area (Å²) in [5, 5.41) is 2.75. The van der Waals surface area contributed by atoms with E-state index in [1.807, 2.05) is 6.07 Å². The van der Waals surface area contributed by atoms with Gasteiger partial charge >= 0.3 is 0 Å². The van der Waals surface area contributed by atoms with Crippen LogP contribution in [0.4, 0.5) is 11.5 Å². The number of nitrogens with zero attached hydrogens (tertiary/aromatic N) is 3. The number of carbonyl (C=O) groups is 3. The highest BCUT2D eigenvalue weighted by Gasteiger charge is 2.40. The van der Waals surface area contributed by atoms with Crippen molar-refractivity contribution >= 4 is 29.2 Å². The summed E-state index contributed by atoms with van der Waals surface area (Å²) in [6.45, 7) is 3.54. The molecule has 0 radical (unpaired) electrons. The van der Waals surface area contributed by atoms with E-state index in [9.17, 15) is 14.4 Å². The first-order chi connectivity index (χ1) is 13.6. The van der Waals surface area contributed by atoms with Crippen molar-refractivity contribution in [2.24, 2.45) is 0 Å². The van der Waals surface area contributed by atoms with Gasteiger partial charge in [-0.3, -0.25) is 19.3 Å². The predicted octanol–water partition coefficient (Wildman–Crippen LogP) is 2.70. The first kappa shape index (κ1) is 18.2. The fraction of sp³-hybridized carbons (Fsp3) is 0.333. The molecule has 2 aliphatic heterocycles. The maximum atomic E-state index is 12.6. The molecule has 0 aliphatic carbocycles. The highest BCUT2D eigenvalue weighted by molar-refractivity contribution is 6.23. The van der Waals surface area contributed by atoms with Crippen LogP contribution in [0.3, 0.4) is 0 Å². The molecule has 0 bridgehead atoms. The fourth-order valence-corrected chi connectivity index (χ4v) is 3.69. The molecule has 1 atom stereocenters. The number of benzene rings is 1. The maximum absolute atomic E-state index is 12.6. The average Bonchev–Trinajstić information content (AvgIpc) is 2.99. The van der Waals surface area contributed by atoms with Crippen molar-refractivity contribution in [3.63, 3.8) is 0 Å². The summed E-state index contributed by atoms with van der Waals surface area (Å²) in [4.78, 5) is 45.4. The van der Waals surface area contributed by atoms with Gasteiger partial charge in [-0.2, -0.15) is 0 Å². The molecule has 7 nitrogen and oxygen atoms in total. The molecule has 2 aliphatic rings. The van der Waals surface area contributed by atoms with Crippen LogP contribution in [-0.2, 0) is 4.79 Å². The first-order valence-corrected chi connectivity index (χ1v) is 9.55. The van der Waals surface area contributed by atoms with Crippen molar-refractivity contribution in [3.05, 3.63) is 53.7 Å². The number of aromatic nitrogens is 1. The Balaban J connectivity index is 1.44. The van der Waals surface area contributed by atoms with Crippen LogP contribution in [0.15, 0.2) is 42.6 Å². The summed E-state index contributed by atoms with van der Waals surface area (Å²) in [6.07, 6.45) is 5.19. The Morgan fingerprint density at radius 3 is 2.21 bits per heavy atom. The third-order valence-corrected chi connectivity index (χ3v) is 5.29. The second-order valence-corrected chi connectivity index (χ2v) is 7.14. The van der Waals surface area contributed by atoms with E-state index >= 15 is 0 Å². The van der Waals surface area contributed by atoms with Gasteiger partial charge in [0.25, 0.3) is 11.8 Å². The third-order valence-electron chi connectivity index (χ3n) is 5.29. The van der Waals surface area contributed by atoms with Gasteiger partial charge in [0.2, 0.25) is 5.91 Å². The van der Waals surface area contributed by atoms with E-state index in [0.29, 0.717) is 16.8 Å². The summed E-state index contributed by atoms with van der Waals surface area (Å²) in [7, 11) is 0. The number of hydrogen-bond donors (Lipinski definition) is 1. The largest absolute Gasteiger partial charge is 0.357 e. The Morgan fingerprint density at radius 1 is 1.00 bits per heavy atom. The number of carbonyl (C=O) groups excluding carboxylic acids is 3. The quantitative estimate of drug-likeness (QED) is 0.827. The third kappa shape index (κ3) is 3.24. The van der Waals surface area contributed by atoms with E-state index in [0.717, 1.165) is 36.6 Å². The summed E-state index contributed by atoms with van der Waals surface area (Å²) < 4.78 is 0. The monoisotopic (exact) mass is 378 g/mol. The number of fused-ring (bicyclic) bond motifs is 1. The summed E-state index contributed by atoms with van der Waals surface area (Å²) in [6, 6.07) is 9.36. The van der Waals surface area contributed by atoms with Gasteiger partial charge in [-0.05, 0) is 50.5 Å². The Kier molecular flexibility index (Phi) is 4.81. The molecule has 1 fully saturated rings. The van der Waals surface area contributed by atoms with Crippen LogP contribution in [-0.4, -0.2) is 46.7 Å². The number of rotatable bonds is 4. The average molecular weight is 378 g/mol. The molecule has 1 aromatic heterocycles. The van der Waals surface area contributed by atoms with Crippen LogP contribution >= 0.6 is 0 Å². The zero-order chi connectivity index (χ0) is 19.7. The van der Waals surface area contributed by atoms with Gasteiger partial charge in [-0.15, -0.1) is 0 Å². The zero-order valence-corrected chi connectivity index (χ0v) is 15.7. The molecule has 3 heterocycles. The minimum atomic E-state index is -0.922. The van der Waals surface area contributed by atoms with E-state index in [4.69, 9.17) is 0 Å². The van der Waals surface area contributed by atoms with E-state index in [2.05, 4.69) is 15.2 Å². The number of nitrogens with one attached hydrogen (secondary N) is 1. The van der Waals surface area contributed by atoms with Crippen LogP contribution in [0.2, 0.25) is 0 Å². The molecule has 0 saturated carbocycles. The van der Waals surface area contributed by atoms with Crippen molar-refractivity contribution in [2.45, 2.75) is 32.2 Å². The number of piperidine rings is 1. The minimum absolute atomic E-state index is 0.333. The number of hydrogen-bond acceptors (Lipinski definition) is 5. The van der Waals surface area contributed by atoms with E-state index < -0.39 is 23.8 Å². The van der Waals surface area contributed by atoms with Gasteiger partial charge in [-0.1, -0.05) is 12.1 Å². The summed E-state index contributed by atoms with van der Waals surface area (Å²) in [5.74, 6) is -0.420. The summed E-state index contributed by atoms with van der Waals surface area (Å²) >= 11 is 0. The maximum Gasteiger partial charge on any atom is 0.262 e. The van der Waals surface area contributed by atoms with Crippen LogP contribution in [0.1, 0.15) is 46.9 Å². The second-order valence-electron chi connectivity index (χ2n) is 7.14. The van der Waals surface area contributed by atoms with Gasteiger partial charge in [0.15, 0.2) is 0 Å². The van der Waals surface area contributed by atoms with Gasteiger partial charge in [0, 0.05) is 13.1 Å². The SMILES string of the molecule is CC(C(=O)Nc1ccc(N2CCCCC2)nc1)N1C(=O)c2ccccc2C1=O. The van der Waals surface area contributed by atoms with Gasteiger partial charge < -0.3 is 10.2 Å². The Morgan fingerprint density at radius 2 is 1.64 bits per heavy atom. The molecular weight excluding hydrogens is 356 g/mol. The first-order valence-electron chi connectivity index (χ1n) is 9.55. The standard InChI is InChI=1S/C21H22N4O3/c1-14(25-20(27)16-7-3-4-8-17(16)21(25)28)19(26)23-15-9-10-18(22-13-15)24-11-5-2-6-12-24/h3-4,7-10,13-14H,2,5-6,11-12H2,1H3,(H,23,26). The number of imide groups is 1. The Bertz CT molecular complexity index is 885. The minimum Gasteiger partial charge on any atom is -0.357 e. The highest BCUT2D eigenvalue weighted by atomic mass is 16.2. The molecule has 3 amide bonds. The molecule has 1 saturated heterocycles. The van der Waals surface area contributed by atoms with Gasteiger partial charge in [0.05, 0.1) is 23.0 Å². The van der Waals surface area contributed by atoms with Crippen molar-refractivity contribution < 1.29 is 14.4 Å². The molecule has 2 aromatic rings. The second kappa shape index (κ2) is 7.42. The van der Waals surface area contributed by atoms with E-state index in [1.165, 1.54) is 6.42 Å². The van der Waals surface area contributed by atoms with Crippen LogP contribution in [0.5, 0.6) is 0 Å². The van der Waals surface area contributed by atoms with Crippen molar-refractivity contribution in [1.82, 2.24) is 9.88 Å². The van der Waals surface area contributed by atoms with Gasteiger partial charge in [-0.25, -0.2) is 4.98 Å². The predicted molar refractivity (Wildman–Crippen MR) is 105 cm³/mol. The Hall–Kier alpha value is -3.22. The summed E-state index contributed by atoms with van der Waals surface area (Å²) in [5.41, 5.74) is 1.20. The highest BCUT2D eigenvalue weighted by Crippen LogP contribution is 2.25. The van der Waals surface area contributed by atoms with E-state index in [-0.39, 0.29) is 0 Å². The molecule has 4 rings (SSSR count). The van der Waals surface area contributed by atoms with Crippen LogP contribution in [0.25, 0.3) is 0 Å². The molecule has 0 spiro atoms. The fourth-order valence-electron chi connectivity index (χ4n) is 3.69. The lowest BCUT2D eigenvalue weighted by atomic mass is 10.1. The van der Waals surface area contributed by atoms with E-state index in [1.54, 1.807) is 43.5 Å². The normalized spacial score (nSPS) is 17.5. The molecular formula is C21H22N4O3. The van der Waals surface area contributed by atoms with Crippen molar-refractivity contribution in [3.8, 4) is 0 Å². The zero-order valence-electron chi connectivity index (χ0n) is 15.7. The topological polar surface area (TPSA) is 82.6 Å². The van der Waals surface area contributed by atoms with Crippen LogP contribution in [0, 0.1) is 0 Å². The number of amides is 3. The van der Waals surface area contributed by atoms with Crippen molar-refractivity contribution in [1.29, 1.82) is 0 Å². The molecule has 144 valence electrons. The molecule has 7 heteroatoms. The number of anilines is 2. The van der Waals surface area contributed by atoms with Crippen LogP contribution < -0.4 is 10.2 Å².